The summed E-state index contributed by atoms with van der Waals surface area (Å²) in [5.41, 5.74) is 7.56. The van der Waals surface area contributed by atoms with E-state index in [-0.39, 0.29) is 0 Å². The number of nitrogens with zero attached hydrogens (tertiary/aromatic N) is 1. The Hall–Kier alpha value is -0.380. The first-order chi connectivity index (χ1) is 8.17. The van der Waals surface area contributed by atoms with E-state index in [1.54, 1.807) is 0 Å². The molecule has 0 aliphatic heterocycles. The van der Waals surface area contributed by atoms with Gasteiger partial charge in [0.05, 0.1) is 0 Å². The molecule has 2 nitrogen and oxygen atoms in total. The molecule has 0 saturated heterocycles. The van der Waals surface area contributed by atoms with E-state index in [1.807, 2.05) is 30.0 Å². The zero-order valence-corrected chi connectivity index (χ0v) is 12.2. The maximum atomic E-state index is 6.12. The summed E-state index contributed by atoms with van der Waals surface area (Å²) in [5.74, 6) is 2.10. The minimum absolute atomic E-state index is 0.729. The zero-order valence-electron chi connectivity index (χ0n) is 10.6. The van der Waals surface area contributed by atoms with E-state index in [0.717, 1.165) is 41.8 Å². The van der Waals surface area contributed by atoms with Gasteiger partial charge in [0.1, 0.15) is 0 Å². The highest BCUT2D eigenvalue weighted by Crippen LogP contribution is 2.23. The topological polar surface area (TPSA) is 29.3 Å². The monoisotopic (exact) mass is 272 g/mol. The number of hydrogen-bond acceptors (Lipinski definition) is 3. The molecule has 0 amide bonds. The third-order valence-corrected chi connectivity index (χ3v) is 4.12. The summed E-state index contributed by atoms with van der Waals surface area (Å²) < 4.78 is 0. The van der Waals surface area contributed by atoms with Gasteiger partial charge >= 0.3 is 0 Å². The van der Waals surface area contributed by atoms with Gasteiger partial charge in [-0.15, -0.1) is 0 Å². The zero-order chi connectivity index (χ0) is 12.7. The average molecular weight is 273 g/mol. The van der Waals surface area contributed by atoms with Crippen molar-refractivity contribution >= 4 is 29.1 Å². The van der Waals surface area contributed by atoms with Crippen LogP contribution in [-0.4, -0.2) is 30.3 Å². The molecular weight excluding hydrogens is 252 g/mol. The van der Waals surface area contributed by atoms with Crippen LogP contribution in [0.4, 0.5) is 5.69 Å². The Kier molecular flexibility index (Phi) is 6.78. The summed E-state index contributed by atoms with van der Waals surface area (Å²) in [6.45, 7) is 7.79. The molecule has 1 aromatic carbocycles. The number of hydrogen-bond donors (Lipinski definition) is 1. The molecule has 1 aromatic rings. The lowest BCUT2D eigenvalue weighted by atomic mass is 10.2. The molecule has 0 aliphatic carbocycles. The number of rotatable bonds is 7. The van der Waals surface area contributed by atoms with Crippen LogP contribution in [0.2, 0.25) is 5.02 Å². The van der Waals surface area contributed by atoms with Crippen LogP contribution in [0.5, 0.6) is 0 Å². The first kappa shape index (κ1) is 14.7. The highest BCUT2D eigenvalue weighted by Gasteiger charge is 2.02. The number of nitrogens with two attached hydrogens (primary N) is 1. The molecule has 0 atom stereocenters. The third-order valence-electron chi connectivity index (χ3n) is 2.78. The predicted molar refractivity (Wildman–Crippen MR) is 79.8 cm³/mol. The van der Waals surface area contributed by atoms with Gasteiger partial charge in [0.15, 0.2) is 0 Å². The fourth-order valence-electron chi connectivity index (χ4n) is 1.60. The second-order valence-electron chi connectivity index (χ2n) is 3.93. The highest BCUT2D eigenvalue weighted by molar-refractivity contribution is 7.98. The lowest BCUT2D eigenvalue weighted by molar-refractivity contribution is 0.324. The van der Waals surface area contributed by atoms with Gasteiger partial charge in [-0.05, 0) is 30.8 Å². The molecule has 0 unspecified atom stereocenters. The molecule has 0 aliphatic rings. The summed E-state index contributed by atoms with van der Waals surface area (Å²) in [6, 6.07) is 5.75. The molecule has 0 fully saturated rings. The largest absolute Gasteiger partial charge is 0.399 e. The average Bonchev–Trinajstić information content (AvgIpc) is 2.32. The van der Waals surface area contributed by atoms with Crippen LogP contribution >= 0.6 is 23.4 Å². The smallest absolute Gasteiger partial charge is 0.0466 e. The van der Waals surface area contributed by atoms with Crippen LogP contribution in [-0.2, 0) is 5.75 Å². The van der Waals surface area contributed by atoms with Crippen LogP contribution in [0, 0.1) is 0 Å². The first-order valence-electron chi connectivity index (χ1n) is 6.01. The fourth-order valence-corrected chi connectivity index (χ4v) is 2.93. The van der Waals surface area contributed by atoms with E-state index in [0.29, 0.717) is 0 Å². The standard InChI is InChI=1S/C13H21ClN2S/c1-3-16(4-2)7-8-17-10-11-5-6-12(15)9-13(11)14/h5-6,9H,3-4,7-8,10,15H2,1-2H3. The van der Waals surface area contributed by atoms with Gasteiger partial charge in [-0.2, -0.15) is 11.8 Å². The predicted octanol–water partition coefficient (Wildman–Crippen LogP) is 3.50. The lowest BCUT2D eigenvalue weighted by Gasteiger charge is -2.17. The van der Waals surface area contributed by atoms with Gasteiger partial charge in [-0.3, -0.25) is 0 Å². The Bertz CT molecular complexity index is 340. The van der Waals surface area contributed by atoms with E-state index in [1.165, 1.54) is 5.56 Å². The van der Waals surface area contributed by atoms with Gasteiger partial charge in [-0.1, -0.05) is 31.5 Å². The number of benzene rings is 1. The van der Waals surface area contributed by atoms with E-state index in [9.17, 15) is 0 Å². The summed E-state index contributed by atoms with van der Waals surface area (Å²) in [5, 5.41) is 0.778. The molecule has 0 bridgehead atoms. The molecular formula is C13H21ClN2S. The first-order valence-corrected chi connectivity index (χ1v) is 7.54. The van der Waals surface area contributed by atoms with Crippen LogP contribution in [0.3, 0.4) is 0 Å². The minimum atomic E-state index is 0.729. The van der Waals surface area contributed by atoms with Gasteiger partial charge in [0.25, 0.3) is 0 Å². The van der Waals surface area contributed by atoms with Crippen LogP contribution in [0.25, 0.3) is 0 Å². The fraction of sp³-hybridized carbons (Fsp3) is 0.538. The van der Waals surface area contributed by atoms with Crippen molar-refractivity contribution in [1.82, 2.24) is 4.90 Å². The summed E-state index contributed by atoms with van der Waals surface area (Å²) in [7, 11) is 0. The third kappa shape index (κ3) is 5.19. The molecule has 0 saturated carbocycles. The van der Waals surface area contributed by atoms with E-state index in [4.69, 9.17) is 17.3 Å². The minimum Gasteiger partial charge on any atom is -0.399 e. The molecule has 0 radical (unpaired) electrons. The van der Waals surface area contributed by atoms with E-state index in [2.05, 4.69) is 18.7 Å². The number of halogens is 1. The number of nitrogen functional groups attached to an aromatic ring is 1. The lowest BCUT2D eigenvalue weighted by Crippen LogP contribution is -2.25. The van der Waals surface area contributed by atoms with Gasteiger partial charge in [-0.25, -0.2) is 0 Å². The van der Waals surface area contributed by atoms with Crippen molar-refractivity contribution in [3.8, 4) is 0 Å². The maximum Gasteiger partial charge on any atom is 0.0466 e. The second kappa shape index (κ2) is 7.85. The SMILES string of the molecule is CCN(CC)CCSCc1ccc(N)cc1Cl. The quantitative estimate of drug-likeness (QED) is 0.609. The second-order valence-corrected chi connectivity index (χ2v) is 5.44. The summed E-state index contributed by atoms with van der Waals surface area (Å²) in [4.78, 5) is 2.43. The van der Waals surface area contributed by atoms with Crippen LogP contribution in [0.15, 0.2) is 18.2 Å². The Labute approximate surface area is 114 Å². The Morgan fingerprint density at radius 3 is 2.59 bits per heavy atom. The van der Waals surface area contributed by atoms with Crippen molar-refractivity contribution in [3.05, 3.63) is 28.8 Å². The molecule has 4 heteroatoms. The summed E-state index contributed by atoms with van der Waals surface area (Å²) in [6.07, 6.45) is 0. The van der Waals surface area contributed by atoms with Crippen molar-refractivity contribution in [2.75, 3.05) is 31.1 Å². The van der Waals surface area contributed by atoms with Gasteiger partial charge in [0, 0.05) is 28.8 Å². The Balaban J connectivity index is 2.31. The highest BCUT2D eigenvalue weighted by atomic mass is 35.5. The summed E-state index contributed by atoms with van der Waals surface area (Å²) >= 11 is 8.04. The molecule has 0 spiro atoms. The van der Waals surface area contributed by atoms with E-state index >= 15 is 0 Å². The van der Waals surface area contributed by atoms with Crippen molar-refractivity contribution < 1.29 is 0 Å². The van der Waals surface area contributed by atoms with Gasteiger partial charge in [0.2, 0.25) is 0 Å². The number of thioether (sulfide) groups is 1. The van der Waals surface area contributed by atoms with Crippen LogP contribution in [0.1, 0.15) is 19.4 Å². The van der Waals surface area contributed by atoms with Crippen molar-refractivity contribution in [2.24, 2.45) is 0 Å². The van der Waals surface area contributed by atoms with Crippen LogP contribution < -0.4 is 5.73 Å². The molecule has 1 rings (SSSR count). The Morgan fingerprint density at radius 2 is 2.00 bits per heavy atom. The molecule has 2 N–H and O–H groups in total. The Morgan fingerprint density at radius 1 is 1.29 bits per heavy atom. The normalized spacial score (nSPS) is 11.1. The van der Waals surface area contributed by atoms with Gasteiger partial charge < -0.3 is 10.6 Å². The van der Waals surface area contributed by atoms with Crippen molar-refractivity contribution in [1.29, 1.82) is 0 Å². The molecule has 0 aromatic heterocycles. The van der Waals surface area contributed by atoms with Crippen molar-refractivity contribution in [3.63, 3.8) is 0 Å². The molecule has 96 valence electrons. The van der Waals surface area contributed by atoms with E-state index < -0.39 is 0 Å². The maximum absolute atomic E-state index is 6.12. The molecule has 17 heavy (non-hydrogen) atoms. The molecule has 0 heterocycles. The number of anilines is 1. The van der Waals surface area contributed by atoms with Crippen molar-refractivity contribution in [2.45, 2.75) is 19.6 Å².